The van der Waals surface area contributed by atoms with Crippen LogP contribution < -0.4 is 10.6 Å². The van der Waals surface area contributed by atoms with Gasteiger partial charge in [0.05, 0.1) is 46.1 Å². The molecule has 0 bridgehead atoms. The Kier molecular flexibility index (Phi) is 6.69. The highest BCUT2D eigenvalue weighted by Gasteiger charge is 2.35. The van der Waals surface area contributed by atoms with Gasteiger partial charge in [0.25, 0.3) is 0 Å². The van der Waals surface area contributed by atoms with E-state index < -0.39 is 6.89 Å². The molecule has 0 spiro atoms. The number of fused-ring (bicyclic) bond motifs is 6. The van der Waals surface area contributed by atoms with E-state index in [9.17, 15) is 10.5 Å². The van der Waals surface area contributed by atoms with Crippen molar-refractivity contribution in [2.24, 2.45) is 0 Å². The predicted molar refractivity (Wildman–Crippen MR) is 207 cm³/mol. The van der Waals surface area contributed by atoms with Gasteiger partial charge in [-0.25, -0.2) is 4.85 Å². The van der Waals surface area contributed by atoms with Crippen LogP contribution in [0.4, 0.5) is 0 Å². The monoisotopic (exact) mass is 655 g/mol. The first kappa shape index (κ1) is 29.3. The Bertz CT molecular complexity index is 2680. The van der Waals surface area contributed by atoms with Crippen LogP contribution in [0, 0.1) is 29.2 Å². The lowest BCUT2D eigenvalue weighted by atomic mass is 10.2. The molecule has 0 N–H and O–H groups in total. The van der Waals surface area contributed by atoms with E-state index >= 15 is 0 Å². The fourth-order valence-electron chi connectivity index (χ4n) is 7.67. The first-order valence-corrected chi connectivity index (χ1v) is 18.0. The Balaban J connectivity index is 1.26. The average Bonchev–Trinajstić information content (AvgIpc) is 3.70. The van der Waals surface area contributed by atoms with Gasteiger partial charge in [-0.2, -0.15) is 10.5 Å². The molecule has 50 heavy (non-hydrogen) atoms. The Hall–Kier alpha value is -6.83. The molecule has 0 fully saturated rings. The second-order valence-electron chi connectivity index (χ2n) is 12.3. The fraction of sp³-hybridized carbons (Fsp3) is 0. The molecule has 0 saturated heterocycles. The van der Waals surface area contributed by atoms with Gasteiger partial charge in [0, 0.05) is 45.4 Å². The van der Waals surface area contributed by atoms with Crippen LogP contribution in [0.3, 0.4) is 0 Å². The smallest absolute Gasteiger partial charge is 0.196 e. The summed E-state index contributed by atoms with van der Waals surface area (Å²) in [6.45, 7) is 5.44. The number of allylic oxidation sites excluding steroid dienone is 3. The van der Waals surface area contributed by atoms with Crippen molar-refractivity contribution in [1.29, 1.82) is 10.5 Å². The summed E-state index contributed by atoms with van der Waals surface area (Å²) in [4.78, 5) is 4.04. The summed E-state index contributed by atoms with van der Waals surface area (Å²) in [5.41, 5.74) is 7.14. The third-order valence-corrected chi connectivity index (χ3v) is 13.8. The highest BCUT2D eigenvalue weighted by atomic mass is 31.2. The summed E-state index contributed by atoms with van der Waals surface area (Å²) in [5, 5.41) is 27.5. The zero-order chi connectivity index (χ0) is 33.8. The predicted octanol–water partition coefficient (Wildman–Crippen LogP) is 9.77. The SMILES string of the molecule is [C-]#[N+]C1=P(c2ccc(-n3c4ccccc4c4ccccc43)cc2)(c2ccc(-n3c4ccccc4c4ccccc43)cc2)C(C#N)=CC(C#N)=C1. The minimum atomic E-state index is -2.94. The third-order valence-electron chi connectivity index (χ3n) is 9.79. The topological polar surface area (TPSA) is 61.8 Å². The molecule has 0 radical (unpaired) electrons. The number of nitriles is 2. The molecule has 6 heteroatoms. The molecule has 9 rings (SSSR count). The largest absolute Gasteiger partial charge is 0.309 e. The molecule has 5 nitrogen and oxygen atoms in total. The Labute approximate surface area is 288 Å². The number of aromatic nitrogens is 2. The fourth-order valence-corrected chi connectivity index (χ4v) is 11.5. The number of nitrogens with zero attached hydrogens (tertiary/aromatic N) is 5. The molecular weight excluding hydrogens is 629 g/mol. The van der Waals surface area contributed by atoms with E-state index in [0.29, 0.717) is 16.3 Å². The maximum Gasteiger partial charge on any atom is 0.196 e. The van der Waals surface area contributed by atoms with Crippen LogP contribution in [0.2, 0.25) is 0 Å². The number of para-hydroxylation sites is 4. The third kappa shape index (κ3) is 4.11. The minimum absolute atomic E-state index is 0.312. The number of hydrogen-bond acceptors (Lipinski definition) is 2. The first-order chi connectivity index (χ1) is 24.7. The molecule has 0 unspecified atom stereocenters. The number of hydrogen-bond donors (Lipinski definition) is 0. The van der Waals surface area contributed by atoms with Gasteiger partial charge in [-0.05, 0) is 71.3 Å². The second-order valence-corrected chi connectivity index (χ2v) is 15.6. The van der Waals surface area contributed by atoms with Gasteiger partial charge in [0.1, 0.15) is 0 Å². The lowest BCUT2D eigenvalue weighted by Gasteiger charge is -2.31. The van der Waals surface area contributed by atoms with E-state index in [-0.39, 0.29) is 0 Å². The van der Waals surface area contributed by atoms with Crippen LogP contribution in [-0.2, 0) is 0 Å². The molecule has 3 heterocycles. The van der Waals surface area contributed by atoms with Crippen molar-refractivity contribution in [2.75, 3.05) is 0 Å². The molecule has 1 aliphatic rings. The zero-order valence-corrected chi connectivity index (χ0v) is 27.6. The normalized spacial score (nSPS) is 13.9. The van der Waals surface area contributed by atoms with Crippen LogP contribution in [-0.4, -0.2) is 14.6 Å². The van der Waals surface area contributed by atoms with E-state index in [0.717, 1.165) is 44.1 Å². The van der Waals surface area contributed by atoms with Crippen molar-refractivity contribution in [3.05, 3.63) is 180 Å². The number of benzene rings is 6. The van der Waals surface area contributed by atoms with Crippen LogP contribution >= 0.6 is 6.89 Å². The van der Waals surface area contributed by atoms with Crippen molar-refractivity contribution in [2.45, 2.75) is 0 Å². The maximum absolute atomic E-state index is 10.7. The highest BCUT2D eigenvalue weighted by molar-refractivity contribution is 7.93. The lowest BCUT2D eigenvalue weighted by Crippen LogP contribution is -2.24. The van der Waals surface area contributed by atoms with Crippen molar-refractivity contribution in [3.8, 4) is 23.5 Å². The zero-order valence-electron chi connectivity index (χ0n) is 26.7. The molecule has 6 aromatic carbocycles. The van der Waals surface area contributed by atoms with Crippen molar-refractivity contribution < 1.29 is 0 Å². The van der Waals surface area contributed by atoms with Crippen LogP contribution in [0.15, 0.2) is 169 Å². The molecule has 232 valence electrons. The highest BCUT2D eigenvalue weighted by Crippen LogP contribution is 2.57. The minimum Gasteiger partial charge on any atom is -0.309 e. The van der Waals surface area contributed by atoms with Crippen molar-refractivity contribution in [3.63, 3.8) is 0 Å². The van der Waals surface area contributed by atoms with Gasteiger partial charge in [0.2, 0.25) is 0 Å². The average molecular weight is 656 g/mol. The molecule has 8 aromatic rings. The van der Waals surface area contributed by atoms with E-state index in [2.05, 4.69) is 172 Å². The molecule has 0 amide bonds. The van der Waals surface area contributed by atoms with E-state index in [4.69, 9.17) is 6.57 Å². The summed E-state index contributed by atoms with van der Waals surface area (Å²) < 4.78 is 4.52. The molecule has 2 aromatic heterocycles. The molecule has 0 atom stereocenters. The lowest BCUT2D eigenvalue weighted by molar-refractivity contribution is 1.18. The first-order valence-electron chi connectivity index (χ1n) is 16.2. The van der Waals surface area contributed by atoms with Gasteiger partial charge in [-0.3, -0.25) is 0 Å². The Morgan fingerprint density at radius 2 is 0.860 bits per heavy atom. The van der Waals surface area contributed by atoms with Gasteiger partial charge in [-0.15, -0.1) is 0 Å². The second kappa shape index (κ2) is 11.4. The maximum atomic E-state index is 10.7. The standard InChI is InChI=1S/C44H26N5P/c1-47-44-27-30(28-45)26-35(29-46)50(44,33-22-18-31(19-23-33)48-40-14-6-2-10-36(40)37-11-3-7-15-41(37)48)34-24-20-32(21-25-34)49-42-16-8-4-12-38(42)39-13-5-9-17-43(39)49/h2-27H. The molecule has 0 saturated carbocycles. The van der Waals surface area contributed by atoms with E-state index in [1.807, 2.05) is 0 Å². The molecule has 0 aliphatic carbocycles. The van der Waals surface area contributed by atoms with Gasteiger partial charge in [-0.1, -0.05) is 97.1 Å². The van der Waals surface area contributed by atoms with Gasteiger partial charge >= 0.3 is 0 Å². The summed E-state index contributed by atoms with van der Waals surface area (Å²) in [5.74, 6) is 0. The summed E-state index contributed by atoms with van der Waals surface area (Å²) in [7, 11) is 0. The quantitative estimate of drug-likeness (QED) is 0.140. The van der Waals surface area contributed by atoms with Crippen molar-refractivity contribution >= 4 is 66.5 Å². The van der Waals surface area contributed by atoms with E-state index in [1.165, 1.54) is 21.5 Å². The van der Waals surface area contributed by atoms with Crippen LogP contribution in [0.25, 0.3) is 59.8 Å². The van der Waals surface area contributed by atoms with Gasteiger partial charge in [0.15, 0.2) is 5.42 Å². The summed E-state index contributed by atoms with van der Waals surface area (Å²) in [6, 6.07) is 54.8. The summed E-state index contributed by atoms with van der Waals surface area (Å²) in [6.07, 6.45) is 3.34. The van der Waals surface area contributed by atoms with E-state index in [1.54, 1.807) is 12.2 Å². The Morgan fingerprint density at radius 1 is 0.480 bits per heavy atom. The summed E-state index contributed by atoms with van der Waals surface area (Å²) >= 11 is 0. The number of rotatable bonds is 4. The van der Waals surface area contributed by atoms with Crippen molar-refractivity contribution in [1.82, 2.24) is 9.13 Å². The van der Waals surface area contributed by atoms with Gasteiger partial charge < -0.3 is 9.13 Å². The Morgan fingerprint density at radius 3 is 1.20 bits per heavy atom. The molecular formula is C44H26N5P. The van der Waals surface area contributed by atoms with Crippen LogP contribution in [0.1, 0.15) is 0 Å². The van der Waals surface area contributed by atoms with Crippen LogP contribution in [0.5, 0.6) is 0 Å². The molecule has 1 aliphatic heterocycles.